The molecule has 0 aliphatic heterocycles. The smallest absolute Gasteiger partial charge is 0.0333 e. The minimum Gasteiger partial charge on any atom is -0.324 e. The second kappa shape index (κ2) is 6.88. The first-order chi connectivity index (χ1) is 8.86. The van der Waals surface area contributed by atoms with Crippen LogP contribution in [0.3, 0.4) is 0 Å². The Morgan fingerprint density at radius 3 is 2.32 bits per heavy atom. The van der Waals surface area contributed by atoms with Crippen molar-refractivity contribution in [3.63, 3.8) is 0 Å². The van der Waals surface area contributed by atoms with Crippen molar-refractivity contribution >= 4 is 0 Å². The molecule has 2 unspecified atom stereocenters. The quantitative estimate of drug-likeness (QED) is 0.792. The van der Waals surface area contributed by atoms with Crippen molar-refractivity contribution < 1.29 is 0 Å². The lowest BCUT2D eigenvalue weighted by molar-refractivity contribution is 0.125. The first-order valence-corrected chi connectivity index (χ1v) is 7.02. The number of nitrogens with two attached hydrogens (primary N) is 1. The van der Waals surface area contributed by atoms with Crippen molar-refractivity contribution in [2.45, 2.75) is 39.3 Å². The van der Waals surface area contributed by atoms with Crippen LogP contribution >= 0.6 is 0 Å². The van der Waals surface area contributed by atoms with Gasteiger partial charge >= 0.3 is 0 Å². The Hall–Kier alpha value is -1.12. The van der Waals surface area contributed by atoms with Gasteiger partial charge in [-0.05, 0) is 32.3 Å². The molecule has 0 saturated carbocycles. The molecular weight excluding hydrogens is 232 g/mol. The first-order valence-electron chi connectivity index (χ1n) is 7.02. The monoisotopic (exact) mass is 260 g/mol. The van der Waals surface area contributed by atoms with Gasteiger partial charge in [0.2, 0.25) is 0 Å². The maximum absolute atomic E-state index is 6.37. The Morgan fingerprint density at radius 1 is 1.26 bits per heavy atom. The van der Waals surface area contributed by atoms with Gasteiger partial charge in [-0.2, -0.15) is 0 Å². The molecule has 0 aromatic heterocycles. The standard InChI is InChI=1S/C17H28N2/c1-6-12-19(17(3,4)5)13-14(2)16(18)15-10-8-7-9-11-15/h6-11,14,16H,1,12-13,18H2,2-5H3. The van der Waals surface area contributed by atoms with E-state index in [1.54, 1.807) is 0 Å². The van der Waals surface area contributed by atoms with E-state index in [1.807, 2.05) is 24.3 Å². The average molecular weight is 260 g/mol. The van der Waals surface area contributed by atoms with Gasteiger partial charge in [0, 0.05) is 24.7 Å². The maximum atomic E-state index is 6.37. The molecule has 0 saturated heterocycles. The third kappa shape index (κ3) is 4.81. The predicted molar refractivity (Wildman–Crippen MR) is 84.1 cm³/mol. The zero-order valence-electron chi connectivity index (χ0n) is 12.8. The molecule has 2 atom stereocenters. The van der Waals surface area contributed by atoms with Gasteiger partial charge < -0.3 is 5.73 Å². The molecule has 0 fully saturated rings. The van der Waals surface area contributed by atoms with Crippen molar-refractivity contribution in [1.29, 1.82) is 0 Å². The molecule has 19 heavy (non-hydrogen) atoms. The molecule has 2 nitrogen and oxygen atoms in total. The van der Waals surface area contributed by atoms with E-state index < -0.39 is 0 Å². The second-order valence-corrected chi connectivity index (χ2v) is 6.28. The molecule has 106 valence electrons. The average Bonchev–Trinajstić information content (AvgIpc) is 2.37. The summed E-state index contributed by atoms with van der Waals surface area (Å²) in [6.45, 7) is 14.6. The topological polar surface area (TPSA) is 29.3 Å². The first kappa shape index (κ1) is 15.9. The molecular formula is C17H28N2. The van der Waals surface area contributed by atoms with E-state index in [1.165, 1.54) is 5.56 Å². The largest absolute Gasteiger partial charge is 0.324 e. The van der Waals surface area contributed by atoms with Gasteiger partial charge in [0.25, 0.3) is 0 Å². The zero-order chi connectivity index (χ0) is 14.5. The Morgan fingerprint density at radius 2 is 1.84 bits per heavy atom. The Labute approximate surface area is 118 Å². The van der Waals surface area contributed by atoms with Gasteiger partial charge in [0.1, 0.15) is 0 Å². The zero-order valence-corrected chi connectivity index (χ0v) is 12.8. The number of hydrogen-bond donors (Lipinski definition) is 1. The molecule has 0 spiro atoms. The summed E-state index contributed by atoms with van der Waals surface area (Å²) >= 11 is 0. The van der Waals surface area contributed by atoms with Crippen LogP contribution < -0.4 is 5.73 Å². The minimum atomic E-state index is 0.0795. The molecule has 1 aromatic carbocycles. The van der Waals surface area contributed by atoms with Crippen LogP contribution in [0.4, 0.5) is 0 Å². The molecule has 0 radical (unpaired) electrons. The van der Waals surface area contributed by atoms with E-state index >= 15 is 0 Å². The fraction of sp³-hybridized carbons (Fsp3) is 0.529. The summed E-state index contributed by atoms with van der Waals surface area (Å²) in [7, 11) is 0. The Balaban J connectivity index is 2.71. The molecule has 0 heterocycles. The third-order valence-corrected chi connectivity index (χ3v) is 3.60. The molecule has 2 N–H and O–H groups in total. The van der Waals surface area contributed by atoms with Crippen molar-refractivity contribution in [1.82, 2.24) is 4.90 Å². The molecule has 1 aromatic rings. The fourth-order valence-corrected chi connectivity index (χ4v) is 2.24. The van der Waals surface area contributed by atoms with Crippen molar-refractivity contribution in [3.8, 4) is 0 Å². The summed E-state index contributed by atoms with van der Waals surface area (Å²) in [5.74, 6) is 0.404. The Bertz CT molecular complexity index is 378. The summed E-state index contributed by atoms with van der Waals surface area (Å²) in [5.41, 5.74) is 7.72. The highest BCUT2D eigenvalue weighted by molar-refractivity contribution is 5.19. The van der Waals surface area contributed by atoms with E-state index in [4.69, 9.17) is 5.73 Å². The van der Waals surface area contributed by atoms with Crippen molar-refractivity contribution in [3.05, 3.63) is 48.6 Å². The summed E-state index contributed by atoms with van der Waals surface area (Å²) in [5, 5.41) is 0. The lowest BCUT2D eigenvalue weighted by Crippen LogP contribution is -2.45. The van der Waals surface area contributed by atoms with Crippen LogP contribution in [0.15, 0.2) is 43.0 Å². The van der Waals surface area contributed by atoms with Gasteiger partial charge in [-0.15, -0.1) is 6.58 Å². The molecule has 1 rings (SSSR count). The van der Waals surface area contributed by atoms with Gasteiger partial charge in [-0.1, -0.05) is 43.3 Å². The van der Waals surface area contributed by atoms with Crippen LogP contribution in [-0.2, 0) is 0 Å². The Kier molecular flexibility index (Phi) is 5.77. The summed E-state index contributed by atoms with van der Waals surface area (Å²) in [4.78, 5) is 2.42. The van der Waals surface area contributed by atoms with E-state index in [-0.39, 0.29) is 11.6 Å². The fourth-order valence-electron chi connectivity index (χ4n) is 2.24. The van der Waals surface area contributed by atoms with E-state index in [0.717, 1.165) is 13.1 Å². The van der Waals surface area contributed by atoms with E-state index in [0.29, 0.717) is 5.92 Å². The summed E-state index contributed by atoms with van der Waals surface area (Å²) in [6, 6.07) is 10.4. The number of rotatable bonds is 6. The van der Waals surface area contributed by atoms with Crippen LogP contribution in [0.2, 0.25) is 0 Å². The number of hydrogen-bond acceptors (Lipinski definition) is 2. The predicted octanol–water partition coefficient (Wildman–Crippen LogP) is 3.61. The highest BCUT2D eigenvalue weighted by Crippen LogP contribution is 2.23. The minimum absolute atomic E-state index is 0.0795. The lowest BCUT2D eigenvalue weighted by atomic mass is 9.93. The number of nitrogens with zero attached hydrogens (tertiary/aromatic N) is 1. The molecule has 0 amide bonds. The van der Waals surface area contributed by atoms with Gasteiger partial charge in [0.05, 0.1) is 0 Å². The maximum Gasteiger partial charge on any atom is 0.0333 e. The molecule has 0 aliphatic rings. The van der Waals surface area contributed by atoms with Gasteiger partial charge in [0.15, 0.2) is 0 Å². The van der Waals surface area contributed by atoms with Crippen molar-refractivity contribution in [2.24, 2.45) is 11.7 Å². The SMILES string of the molecule is C=CCN(CC(C)C(N)c1ccccc1)C(C)(C)C. The molecule has 0 aliphatic carbocycles. The van der Waals surface area contributed by atoms with Crippen LogP contribution in [-0.4, -0.2) is 23.5 Å². The lowest BCUT2D eigenvalue weighted by Gasteiger charge is -2.38. The van der Waals surface area contributed by atoms with Crippen LogP contribution in [0.5, 0.6) is 0 Å². The van der Waals surface area contributed by atoms with Crippen LogP contribution in [0, 0.1) is 5.92 Å². The highest BCUT2D eigenvalue weighted by Gasteiger charge is 2.24. The van der Waals surface area contributed by atoms with Gasteiger partial charge in [-0.3, -0.25) is 4.90 Å². The van der Waals surface area contributed by atoms with E-state index in [2.05, 4.69) is 51.3 Å². The van der Waals surface area contributed by atoms with Crippen LogP contribution in [0.25, 0.3) is 0 Å². The number of benzene rings is 1. The second-order valence-electron chi connectivity index (χ2n) is 6.28. The van der Waals surface area contributed by atoms with E-state index in [9.17, 15) is 0 Å². The molecule has 2 heteroatoms. The summed E-state index contributed by atoms with van der Waals surface area (Å²) in [6.07, 6.45) is 1.96. The van der Waals surface area contributed by atoms with Crippen LogP contribution in [0.1, 0.15) is 39.3 Å². The summed E-state index contributed by atoms with van der Waals surface area (Å²) < 4.78 is 0. The molecule has 0 bridgehead atoms. The van der Waals surface area contributed by atoms with Crippen molar-refractivity contribution in [2.75, 3.05) is 13.1 Å². The van der Waals surface area contributed by atoms with Gasteiger partial charge in [-0.25, -0.2) is 0 Å². The normalized spacial score (nSPS) is 15.3. The highest BCUT2D eigenvalue weighted by atomic mass is 15.2. The third-order valence-electron chi connectivity index (χ3n) is 3.60.